The van der Waals surface area contributed by atoms with E-state index in [9.17, 15) is 4.79 Å². The van der Waals surface area contributed by atoms with Crippen LogP contribution in [0.1, 0.15) is 40.4 Å². The average molecular weight is 267 g/mol. The van der Waals surface area contributed by atoms with Crippen molar-refractivity contribution < 1.29 is 9.90 Å². The number of nitrogens with zero attached hydrogens (tertiary/aromatic N) is 1. The molecule has 0 radical (unpaired) electrons. The predicted molar refractivity (Wildman–Crippen MR) is 74.2 cm³/mol. The van der Waals surface area contributed by atoms with Gasteiger partial charge in [0.05, 0.1) is 0 Å². The van der Waals surface area contributed by atoms with Gasteiger partial charge < -0.3 is 5.11 Å². The summed E-state index contributed by atoms with van der Waals surface area (Å²) in [5.74, 6) is 0.674. The first-order chi connectivity index (χ1) is 8.45. The molecule has 1 fully saturated rings. The van der Waals surface area contributed by atoms with Crippen molar-refractivity contribution in [1.82, 2.24) is 4.90 Å². The maximum absolute atomic E-state index is 11.0. The van der Waals surface area contributed by atoms with Gasteiger partial charge in [0.1, 0.15) is 4.88 Å². The van der Waals surface area contributed by atoms with Gasteiger partial charge in [0.2, 0.25) is 0 Å². The number of likely N-dealkylation sites (tertiary alicyclic amines) is 1. The van der Waals surface area contributed by atoms with Crippen molar-refractivity contribution in [3.8, 4) is 0 Å². The van der Waals surface area contributed by atoms with Gasteiger partial charge in [0, 0.05) is 24.5 Å². The molecule has 2 rings (SSSR count). The minimum atomic E-state index is -0.810. The number of aromatic carboxylic acids is 1. The maximum atomic E-state index is 11.0. The molecule has 1 saturated heterocycles. The molecule has 0 aliphatic carbocycles. The third-order valence-electron chi connectivity index (χ3n) is 3.57. The fourth-order valence-electron chi connectivity index (χ4n) is 2.94. The van der Waals surface area contributed by atoms with E-state index in [1.807, 2.05) is 13.0 Å². The smallest absolute Gasteiger partial charge is 0.345 e. The van der Waals surface area contributed by atoms with Gasteiger partial charge in [-0.1, -0.05) is 13.8 Å². The molecule has 1 N–H and O–H groups in total. The summed E-state index contributed by atoms with van der Waals surface area (Å²) >= 11 is 1.39. The highest BCUT2D eigenvalue weighted by Crippen LogP contribution is 2.26. The number of hydrogen-bond acceptors (Lipinski definition) is 3. The van der Waals surface area contributed by atoms with Gasteiger partial charge in [0.25, 0.3) is 0 Å². The zero-order valence-corrected chi connectivity index (χ0v) is 12.1. The van der Waals surface area contributed by atoms with Crippen LogP contribution in [0.5, 0.6) is 0 Å². The zero-order chi connectivity index (χ0) is 13.3. The van der Waals surface area contributed by atoms with Gasteiger partial charge in [-0.05, 0) is 36.8 Å². The predicted octanol–water partition coefficient (Wildman–Crippen LogP) is 3.23. The highest BCUT2D eigenvalue weighted by Gasteiger charge is 2.23. The van der Waals surface area contributed by atoms with Crippen molar-refractivity contribution >= 4 is 17.3 Å². The van der Waals surface area contributed by atoms with Gasteiger partial charge in [-0.2, -0.15) is 0 Å². The molecule has 2 unspecified atom stereocenters. The van der Waals surface area contributed by atoms with E-state index in [2.05, 4.69) is 18.7 Å². The van der Waals surface area contributed by atoms with Crippen molar-refractivity contribution in [2.45, 2.75) is 33.7 Å². The Labute approximate surface area is 112 Å². The van der Waals surface area contributed by atoms with Crippen LogP contribution in [0.4, 0.5) is 0 Å². The summed E-state index contributed by atoms with van der Waals surface area (Å²) in [6.45, 7) is 9.76. The molecular formula is C14H21NO2S. The molecule has 1 aliphatic rings. The van der Waals surface area contributed by atoms with Gasteiger partial charge in [-0.15, -0.1) is 11.3 Å². The Balaban J connectivity index is 2.06. The number of aryl methyl sites for hydroxylation is 1. The fraction of sp³-hybridized carbons (Fsp3) is 0.643. The van der Waals surface area contributed by atoms with Gasteiger partial charge in [-0.25, -0.2) is 4.79 Å². The lowest BCUT2D eigenvalue weighted by Crippen LogP contribution is -2.38. The monoisotopic (exact) mass is 267 g/mol. The number of thiophene rings is 1. The van der Waals surface area contributed by atoms with E-state index < -0.39 is 5.97 Å². The normalized spacial score (nSPS) is 25.3. The average Bonchev–Trinajstić information content (AvgIpc) is 2.59. The van der Waals surface area contributed by atoms with E-state index in [1.54, 1.807) is 0 Å². The largest absolute Gasteiger partial charge is 0.477 e. The van der Waals surface area contributed by atoms with Crippen LogP contribution in [0.25, 0.3) is 0 Å². The van der Waals surface area contributed by atoms with Crippen LogP contribution in [0.15, 0.2) is 6.07 Å². The third-order valence-corrected chi connectivity index (χ3v) is 4.65. The number of piperidine rings is 1. The second kappa shape index (κ2) is 5.41. The standard InChI is InChI=1S/C14H21NO2S/c1-9-4-10(2)7-15(6-9)8-12-5-13(14(16)17)18-11(12)3/h5,9-10H,4,6-8H2,1-3H3,(H,16,17). The Hall–Kier alpha value is -0.870. The summed E-state index contributed by atoms with van der Waals surface area (Å²) in [4.78, 5) is 15.0. The number of carboxylic acids is 1. The van der Waals surface area contributed by atoms with Crippen molar-refractivity contribution in [3.63, 3.8) is 0 Å². The molecule has 1 aliphatic heterocycles. The second-order valence-electron chi connectivity index (χ2n) is 5.64. The first kappa shape index (κ1) is 13.6. The quantitative estimate of drug-likeness (QED) is 0.914. The number of carbonyl (C=O) groups is 1. The summed E-state index contributed by atoms with van der Waals surface area (Å²) in [6, 6.07) is 1.84. The molecule has 0 bridgehead atoms. The number of carboxylic acid groups (broad SMARTS) is 1. The summed E-state index contributed by atoms with van der Waals surface area (Å²) in [7, 11) is 0. The fourth-order valence-corrected chi connectivity index (χ4v) is 3.82. The van der Waals surface area contributed by atoms with Crippen molar-refractivity contribution in [3.05, 3.63) is 21.4 Å². The molecule has 0 aromatic carbocycles. The van der Waals surface area contributed by atoms with Gasteiger partial charge in [0.15, 0.2) is 0 Å². The van der Waals surface area contributed by atoms with E-state index in [0.717, 1.165) is 36.3 Å². The molecule has 2 heterocycles. The van der Waals surface area contributed by atoms with Crippen LogP contribution in [-0.2, 0) is 6.54 Å². The van der Waals surface area contributed by atoms with Crippen molar-refractivity contribution in [1.29, 1.82) is 0 Å². The molecule has 1 aromatic rings. The lowest BCUT2D eigenvalue weighted by atomic mass is 9.91. The Morgan fingerprint density at radius 1 is 1.44 bits per heavy atom. The molecule has 100 valence electrons. The van der Waals surface area contributed by atoms with E-state index in [-0.39, 0.29) is 0 Å². The zero-order valence-electron chi connectivity index (χ0n) is 11.3. The lowest BCUT2D eigenvalue weighted by Gasteiger charge is -2.34. The first-order valence-electron chi connectivity index (χ1n) is 6.50. The van der Waals surface area contributed by atoms with E-state index in [0.29, 0.717) is 4.88 Å². The summed E-state index contributed by atoms with van der Waals surface area (Å²) < 4.78 is 0. The van der Waals surface area contributed by atoms with Crippen molar-refractivity contribution in [2.75, 3.05) is 13.1 Å². The highest BCUT2D eigenvalue weighted by molar-refractivity contribution is 7.14. The maximum Gasteiger partial charge on any atom is 0.345 e. The minimum absolute atomic E-state index is 0.459. The summed E-state index contributed by atoms with van der Waals surface area (Å²) in [6.07, 6.45) is 1.31. The molecule has 1 aromatic heterocycles. The van der Waals surface area contributed by atoms with Crippen LogP contribution in [-0.4, -0.2) is 29.1 Å². The molecule has 0 saturated carbocycles. The van der Waals surface area contributed by atoms with Crippen LogP contribution in [0.2, 0.25) is 0 Å². The summed E-state index contributed by atoms with van der Waals surface area (Å²) in [5, 5.41) is 9.01. The number of hydrogen-bond donors (Lipinski definition) is 1. The molecule has 0 spiro atoms. The van der Waals surface area contributed by atoms with Crippen LogP contribution >= 0.6 is 11.3 Å². The van der Waals surface area contributed by atoms with Crippen LogP contribution < -0.4 is 0 Å². The first-order valence-corrected chi connectivity index (χ1v) is 7.32. The summed E-state index contributed by atoms with van der Waals surface area (Å²) in [5.41, 5.74) is 1.18. The molecule has 2 atom stereocenters. The van der Waals surface area contributed by atoms with E-state index >= 15 is 0 Å². The lowest BCUT2D eigenvalue weighted by molar-refractivity contribution is 0.0702. The Morgan fingerprint density at radius 2 is 2.06 bits per heavy atom. The van der Waals surface area contributed by atoms with Crippen LogP contribution in [0.3, 0.4) is 0 Å². The minimum Gasteiger partial charge on any atom is -0.477 e. The molecule has 0 amide bonds. The Kier molecular flexibility index (Phi) is 4.07. The second-order valence-corrected chi connectivity index (χ2v) is 6.89. The van der Waals surface area contributed by atoms with Gasteiger partial charge >= 0.3 is 5.97 Å². The SMILES string of the molecule is Cc1sc(C(=O)O)cc1CN1CC(C)CC(C)C1. The third kappa shape index (κ3) is 3.12. The van der Waals surface area contributed by atoms with Crippen molar-refractivity contribution in [2.24, 2.45) is 11.8 Å². The van der Waals surface area contributed by atoms with Crippen LogP contribution in [0, 0.1) is 18.8 Å². The Bertz CT molecular complexity index is 431. The molecular weight excluding hydrogens is 246 g/mol. The highest BCUT2D eigenvalue weighted by atomic mass is 32.1. The topological polar surface area (TPSA) is 40.5 Å². The Morgan fingerprint density at radius 3 is 2.56 bits per heavy atom. The molecule has 3 nitrogen and oxygen atoms in total. The molecule has 18 heavy (non-hydrogen) atoms. The number of rotatable bonds is 3. The van der Waals surface area contributed by atoms with E-state index in [1.165, 1.54) is 23.3 Å². The molecule has 4 heteroatoms. The van der Waals surface area contributed by atoms with Gasteiger partial charge in [-0.3, -0.25) is 4.90 Å². The van der Waals surface area contributed by atoms with E-state index in [4.69, 9.17) is 5.11 Å².